The molecule has 2 aromatic rings. The van der Waals surface area contributed by atoms with Crippen LogP contribution in [0.25, 0.3) is 0 Å². The average molecular weight is 247 g/mol. The molecule has 3 heteroatoms. The van der Waals surface area contributed by atoms with E-state index in [2.05, 4.69) is 48.1 Å². The van der Waals surface area contributed by atoms with Gasteiger partial charge in [0, 0.05) is 25.5 Å². The van der Waals surface area contributed by atoms with E-state index in [0.717, 1.165) is 12.1 Å². The molecule has 1 aromatic heterocycles. The first kappa shape index (κ1) is 11.9. The molecule has 2 nitrogen and oxygen atoms in total. The third-order valence-corrected chi connectivity index (χ3v) is 2.91. The van der Waals surface area contributed by atoms with Gasteiger partial charge in [-0.2, -0.15) is 0 Å². The molecule has 0 saturated carbocycles. The van der Waals surface area contributed by atoms with Crippen molar-refractivity contribution in [2.24, 2.45) is 0 Å². The highest BCUT2D eigenvalue weighted by molar-refractivity contribution is 6.29. The maximum Gasteiger partial charge on any atom is 0.129 e. The van der Waals surface area contributed by atoms with Crippen molar-refractivity contribution in [2.45, 2.75) is 13.5 Å². The number of halogens is 1. The van der Waals surface area contributed by atoms with Gasteiger partial charge in [0.05, 0.1) is 0 Å². The van der Waals surface area contributed by atoms with Gasteiger partial charge in [-0.3, -0.25) is 0 Å². The molecule has 0 amide bonds. The summed E-state index contributed by atoms with van der Waals surface area (Å²) in [5.41, 5.74) is 3.62. The molecule has 0 N–H and O–H groups in total. The smallest absolute Gasteiger partial charge is 0.129 e. The highest BCUT2D eigenvalue weighted by Crippen LogP contribution is 2.16. The van der Waals surface area contributed by atoms with Gasteiger partial charge in [-0.05, 0) is 30.7 Å². The fourth-order valence-electron chi connectivity index (χ4n) is 1.66. The largest absolute Gasteiger partial charge is 0.370 e. The lowest BCUT2D eigenvalue weighted by atomic mass is 10.2. The van der Waals surface area contributed by atoms with Gasteiger partial charge in [-0.15, -0.1) is 0 Å². The summed E-state index contributed by atoms with van der Waals surface area (Å²) in [4.78, 5) is 6.26. The van der Waals surface area contributed by atoms with E-state index in [0.29, 0.717) is 5.15 Å². The first-order valence-corrected chi connectivity index (χ1v) is 5.91. The molecule has 0 bridgehead atoms. The van der Waals surface area contributed by atoms with Gasteiger partial charge in [0.1, 0.15) is 5.15 Å². The molecular formula is C14H15ClN2. The monoisotopic (exact) mass is 246 g/mol. The fourth-order valence-corrected chi connectivity index (χ4v) is 1.78. The van der Waals surface area contributed by atoms with Crippen LogP contribution in [0, 0.1) is 6.92 Å². The molecule has 0 fully saturated rings. The highest BCUT2D eigenvalue weighted by Gasteiger charge is 2.02. The van der Waals surface area contributed by atoms with E-state index in [1.165, 1.54) is 11.3 Å². The van der Waals surface area contributed by atoms with Crippen LogP contribution in [0.15, 0.2) is 42.6 Å². The van der Waals surface area contributed by atoms with Gasteiger partial charge in [0.15, 0.2) is 0 Å². The van der Waals surface area contributed by atoms with Gasteiger partial charge in [0.25, 0.3) is 0 Å². The van der Waals surface area contributed by atoms with Crippen molar-refractivity contribution < 1.29 is 0 Å². The van der Waals surface area contributed by atoms with Crippen LogP contribution in [0.3, 0.4) is 0 Å². The van der Waals surface area contributed by atoms with Crippen molar-refractivity contribution in [3.05, 3.63) is 58.9 Å². The summed E-state index contributed by atoms with van der Waals surface area (Å²) >= 11 is 5.76. The molecule has 0 saturated heterocycles. The molecule has 0 aliphatic carbocycles. The zero-order chi connectivity index (χ0) is 12.3. The molecule has 0 atom stereocenters. The summed E-state index contributed by atoms with van der Waals surface area (Å²) in [6.45, 7) is 2.92. The second-order valence-corrected chi connectivity index (χ2v) is 4.57. The Labute approximate surface area is 107 Å². The molecule has 0 spiro atoms. The topological polar surface area (TPSA) is 16.1 Å². The van der Waals surface area contributed by atoms with Gasteiger partial charge in [0.2, 0.25) is 0 Å². The Morgan fingerprint density at radius 2 is 1.82 bits per heavy atom. The molecule has 0 unspecified atom stereocenters. The minimum Gasteiger partial charge on any atom is -0.370 e. The maximum atomic E-state index is 5.76. The van der Waals surface area contributed by atoms with Crippen molar-refractivity contribution in [1.82, 2.24) is 4.98 Å². The minimum atomic E-state index is 0.534. The maximum absolute atomic E-state index is 5.76. The van der Waals surface area contributed by atoms with E-state index < -0.39 is 0 Å². The molecule has 0 radical (unpaired) electrons. The van der Waals surface area contributed by atoms with Crippen molar-refractivity contribution in [1.29, 1.82) is 0 Å². The SMILES string of the molecule is Cc1ccc(N(C)Cc2ccc(Cl)nc2)cc1. The van der Waals surface area contributed by atoms with Crippen LogP contribution in [0.4, 0.5) is 5.69 Å². The van der Waals surface area contributed by atoms with E-state index >= 15 is 0 Å². The second kappa shape index (κ2) is 5.19. The number of rotatable bonds is 3. The van der Waals surface area contributed by atoms with Crippen molar-refractivity contribution >= 4 is 17.3 Å². The predicted octanol–water partition coefficient (Wildman–Crippen LogP) is 3.68. The average Bonchev–Trinajstić information content (AvgIpc) is 2.33. The Kier molecular flexibility index (Phi) is 3.64. The quantitative estimate of drug-likeness (QED) is 0.768. The van der Waals surface area contributed by atoms with Gasteiger partial charge >= 0.3 is 0 Å². The number of nitrogens with zero attached hydrogens (tertiary/aromatic N) is 2. The summed E-state index contributed by atoms with van der Waals surface area (Å²) in [6, 6.07) is 12.3. The molecule has 17 heavy (non-hydrogen) atoms. The number of aryl methyl sites for hydroxylation is 1. The lowest BCUT2D eigenvalue weighted by Crippen LogP contribution is -2.16. The first-order chi connectivity index (χ1) is 8.15. The van der Waals surface area contributed by atoms with Gasteiger partial charge in [-0.25, -0.2) is 4.98 Å². The molecule has 88 valence electrons. The van der Waals surface area contributed by atoms with E-state index in [1.54, 1.807) is 0 Å². The van der Waals surface area contributed by atoms with Crippen LogP contribution in [0.2, 0.25) is 5.15 Å². The lowest BCUT2D eigenvalue weighted by molar-refractivity contribution is 0.915. The summed E-state index contributed by atoms with van der Waals surface area (Å²) in [5, 5.41) is 0.534. The first-order valence-electron chi connectivity index (χ1n) is 5.53. The number of pyridine rings is 1. The minimum absolute atomic E-state index is 0.534. The zero-order valence-electron chi connectivity index (χ0n) is 10.0. The molecule has 0 aliphatic rings. The van der Waals surface area contributed by atoms with E-state index in [-0.39, 0.29) is 0 Å². The number of benzene rings is 1. The molecule has 1 aromatic carbocycles. The highest BCUT2D eigenvalue weighted by atomic mass is 35.5. The number of anilines is 1. The number of hydrogen-bond donors (Lipinski definition) is 0. The van der Waals surface area contributed by atoms with Crippen molar-refractivity contribution in [3.63, 3.8) is 0 Å². The number of hydrogen-bond acceptors (Lipinski definition) is 2. The zero-order valence-corrected chi connectivity index (χ0v) is 10.8. The molecule has 1 heterocycles. The van der Waals surface area contributed by atoms with Crippen LogP contribution in [0.5, 0.6) is 0 Å². The van der Waals surface area contributed by atoms with E-state index in [1.807, 2.05) is 18.3 Å². The van der Waals surface area contributed by atoms with Gasteiger partial charge in [-0.1, -0.05) is 35.4 Å². The van der Waals surface area contributed by atoms with Crippen LogP contribution >= 0.6 is 11.6 Å². The van der Waals surface area contributed by atoms with E-state index in [4.69, 9.17) is 11.6 Å². The lowest BCUT2D eigenvalue weighted by Gasteiger charge is -2.19. The Hall–Kier alpha value is -1.54. The Morgan fingerprint density at radius 3 is 2.41 bits per heavy atom. The number of aromatic nitrogens is 1. The van der Waals surface area contributed by atoms with Crippen molar-refractivity contribution in [3.8, 4) is 0 Å². The molecular weight excluding hydrogens is 232 g/mol. The third-order valence-electron chi connectivity index (χ3n) is 2.68. The van der Waals surface area contributed by atoms with Gasteiger partial charge < -0.3 is 4.90 Å². The summed E-state index contributed by atoms with van der Waals surface area (Å²) in [7, 11) is 2.07. The fraction of sp³-hybridized carbons (Fsp3) is 0.214. The van der Waals surface area contributed by atoms with Crippen LogP contribution < -0.4 is 4.90 Å². The molecule has 2 rings (SSSR count). The Morgan fingerprint density at radius 1 is 1.12 bits per heavy atom. The standard InChI is InChI=1S/C14H15ClN2/c1-11-3-6-13(7-4-11)17(2)10-12-5-8-14(15)16-9-12/h3-9H,10H2,1-2H3. The van der Waals surface area contributed by atoms with Crippen molar-refractivity contribution in [2.75, 3.05) is 11.9 Å². The third kappa shape index (κ3) is 3.21. The predicted molar refractivity (Wildman–Crippen MR) is 72.5 cm³/mol. The summed E-state index contributed by atoms with van der Waals surface area (Å²) < 4.78 is 0. The van der Waals surface area contributed by atoms with Crippen LogP contribution in [0.1, 0.15) is 11.1 Å². The van der Waals surface area contributed by atoms with Crippen LogP contribution in [-0.2, 0) is 6.54 Å². The Balaban J connectivity index is 2.08. The second-order valence-electron chi connectivity index (χ2n) is 4.18. The van der Waals surface area contributed by atoms with Crippen LogP contribution in [-0.4, -0.2) is 12.0 Å². The summed E-state index contributed by atoms with van der Waals surface area (Å²) in [5.74, 6) is 0. The normalized spacial score (nSPS) is 10.3. The Bertz CT molecular complexity index is 477. The van der Waals surface area contributed by atoms with E-state index in [9.17, 15) is 0 Å². The summed E-state index contributed by atoms with van der Waals surface area (Å²) in [6.07, 6.45) is 1.81. The molecule has 0 aliphatic heterocycles.